The van der Waals surface area contributed by atoms with Gasteiger partial charge in [-0.05, 0) is 32.7 Å². The van der Waals surface area contributed by atoms with Crippen molar-refractivity contribution in [2.45, 2.75) is 39.9 Å². The van der Waals surface area contributed by atoms with Crippen LogP contribution in [0.4, 0.5) is 0 Å². The van der Waals surface area contributed by atoms with Crippen LogP contribution in [-0.2, 0) is 21.7 Å². The fraction of sp³-hybridized carbons (Fsp3) is 0.231. The fourth-order valence-corrected chi connectivity index (χ4v) is 3.02. The van der Waals surface area contributed by atoms with Crippen molar-refractivity contribution in [3.63, 3.8) is 0 Å². The molecule has 0 N–H and O–H groups in total. The Morgan fingerprint density at radius 2 is 0.806 bits per heavy atom. The predicted octanol–water partition coefficient (Wildman–Crippen LogP) is 3.31. The van der Waals surface area contributed by atoms with Crippen molar-refractivity contribution in [2.24, 2.45) is 0 Å². The summed E-state index contributed by atoms with van der Waals surface area (Å²) in [6.45, 7) is 6.44. The molecule has 0 unspecified atom stereocenters. The quantitative estimate of drug-likeness (QED) is 0.416. The van der Waals surface area contributed by atoms with Crippen LogP contribution in [0.15, 0.2) is 72.8 Å². The molecule has 4 rings (SSSR count). The Morgan fingerprint density at radius 1 is 0.516 bits per heavy atom. The van der Waals surface area contributed by atoms with Gasteiger partial charge in [-0.2, -0.15) is 0 Å². The molecule has 4 aromatic carbocycles. The van der Waals surface area contributed by atoms with Gasteiger partial charge in [-0.3, -0.25) is 0 Å². The van der Waals surface area contributed by atoms with Gasteiger partial charge in [0.15, 0.2) is 0 Å². The number of rotatable bonds is 1. The number of benzene rings is 4. The Bertz CT molecular complexity index is 1010. The van der Waals surface area contributed by atoms with Gasteiger partial charge in [-0.25, -0.2) is 0 Å². The van der Waals surface area contributed by atoms with E-state index in [-0.39, 0.29) is 33.2 Å². The number of hydrogen-bond acceptors (Lipinski definition) is 4. The van der Waals surface area contributed by atoms with E-state index in [2.05, 4.69) is 0 Å². The molecule has 0 aliphatic rings. The number of fused-ring (bicyclic) bond motifs is 2. The third-order valence-corrected chi connectivity index (χ3v) is 4.03. The van der Waals surface area contributed by atoms with Crippen LogP contribution in [0.2, 0.25) is 0 Å². The van der Waals surface area contributed by atoms with E-state index in [9.17, 15) is 20.4 Å². The first kappa shape index (κ1) is 26.7. The monoisotopic (exact) mass is 450 g/mol. The predicted molar refractivity (Wildman–Crippen MR) is 116 cm³/mol. The van der Waals surface area contributed by atoms with E-state index in [1.165, 1.54) is 0 Å². The van der Waals surface area contributed by atoms with Crippen molar-refractivity contribution in [2.75, 3.05) is 0 Å². The van der Waals surface area contributed by atoms with Crippen molar-refractivity contribution >= 4 is 21.5 Å². The van der Waals surface area contributed by atoms with E-state index in [1.54, 1.807) is 52.0 Å². The minimum absolute atomic E-state index is 0. The Hall–Kier alpha value is -2.37. The summed E-state index contributed by atoms with van der Waals surface area (Å²) in [6.07, 6.45) is -0.833. The molecule has 4 aromatic rings. The molecule has 0 amide bonds. The normalized spacial score (nSPS) is 10.2. The maximum Gasteiger partial charge on any atom is 4.00 e. The van der Waals surface area contributed by atoms with Crippen LogP contribution in [-0.4, -0.2) is 12.2 Å². The molecule has 0 saturated heterocycles. The van der Waals surface area contributed by atoms with Gasteiger partial charge in [0, 0.05) is 0 Å². The van der Waals surface area contributed by atoms with Gasteiger partial charge in [-0.1, -0.05) is 100 Å². The maximum absolute atomic E-state index is 12.5. The second kappa shape index (κ2) is 12.5. The summed E-state index contributed by atoms with van der Waals surface area (Å²) in [7, 11) is 0. The van der Waals surface area contributed by atoms with Crippen molar-refractivity contribution in [3.05, 3.63) is 72.8 Å². The molecule has 0 atom stereocenters. The molecule has 158 valence electrons. The largest absolute Gasteiger partial charge is 4.00 e. The van der Waals surface area contributed by atoms with E-state index in [1.807, 2.05) is 48.5 Å². The number of hydrogen-bond donors (Lipinski definition) is 0. The Balaban J connectivity index is 0.000000465. The standard InChI is InChI=1S/C20H14O2.2C3H7O.Ti/c21-17-11-9-13-5-1-3-7-15(13)19(17)20-16-8-4-2-6-14(16)10-12-18(20)22;2*1-3(2)4;/h1-12,21-22H;2*3H,1-2H3;/q;2*-1;+4/p-2. The summed E-state index contributed by atoms with van der Waals surface area (Å²) in [5.74, 6) is -0.237. The molecule has 0 bridgehead atoms. The summed E-state index contributed by atoms with van der Waals surface area (Å²) in [4.78, 5) is 0. The fourth-order valence-electron chi connectivity index (χ4n) is 3.02. The smallest absolute Gasteiger partial charge is 0.872 e. The van der Waals surface area contributed by atoms with Crippen LogP contribution >= 0.6 is 0 Å². The molecule has 0 aliphatic heterocycles. The Morgan fingerprint density at radius 3 is 1.13 bits per heavy atom. The van der Waals surface area contributed by atoms with Crippen LogP contribution < -0.4 is 20.4 Å². The summed E-state index contributed by atoms with van der Waals surface area (Å²) >= 11 is 0. The molecular formula is C26H26O4Ti. The van der Waals surface area contributed by atoms with Gasteiger partial charge in [-0.15, -0.1) is 23.7 Å². The molecular weight excluding hydrogens is 424 g/mol. The summed E-state index contributed by atoms with van der Waals surface area (Å²) in [6, 6.07) is 22.0. The van der Waals surface area contributed by atoms with Crippen molar-refractivity contribution in [3.8, 4) is 22.6 Å². The van der Waals surface area contributed by atoms with E-state index in [0.29, 0.717) is 11.1 Å². The minimum Gasteiger partial charge on any atom is -0.872 e. The van der Waals surface area contributed by atoms with E-state index < -0.39 is 12.2 Å². The van der Waals surface area contributed by atoms with Gasteiger partial charge in [0.05, 0.1) is 0 Å². The first-order chi connectivity index (χ1) is 14.2. The van der Waals surface area contributed by atoms with Crippen LogP contribution in [0.3, 0.4) is 0 Å². The third-order valence-electron chi connectivity index (χ3n) is 4.03. The molecule has 0 fully saturated rings. The maximum atomic E-state index is 12.5. The minimum atomic E-state index is -0.417. The van der Waals surface area contributed by atoms with Crippen molar-refractivity contribution < 1.29 is 42.1 Å². The summed E-state index contributed by atoms with van der Waals surface area (Å²) in [5.41, 5.74) is 1.000. The second-order valence-electron chi connectivity index (χ2n) is 7.42. The topological polar surface area (TPSA) is 92.2 Å². The first-order valence-corrected chi connectivity index (χ1v) is 9.92. The first-order valence-electron chi connectivity index (χ1n) is 9.92. The van der Waals surface area contributed by atoms with E-state index >= 15 is 0 Å². The van der Waals surface area contributed by atoms with Crippen LogP contribution in [0.5, 0.6) is 11.5 Å². The zero-order chi connectivity index (χ0) is 22.3. The molecule has 0 saturated carbocycles. The van der Waals surface area contributed by atoms with Gasteiger partial charge < -0.3 is 20.4 Å². The van der Waals surface area contributed by atoms with Crippen LogP contribution in [0.1, 0.15) is 27.7 Å². The molecule has 0 radical (unpaired) electrons. The van der Waals surface area contributed by atoms with Gasteiger partial charge in [0.1, 0.15) is 0 Å². The molecule has 31 heavy (non-hydrogen) atoms. The Kier molecular flexibility index (Phi) is 10.7. The van der Waals surface area contributed by atoms with Crippen molar-refractivity contribution in [1.29, 1.82) is 0 Å². The zero-order valence-electron chi connectivity index (χ0n) is 18.2. The van der Waals surface area contributed by atoms with Crippen LogP contribution in [0.25, 0.3) is 32.7 Å². The van der Waals surface area contributed by atoms with E-state index in [4.69, 9.17) is 0 Å². The molecule has 0 spiro atoms. The summed E-state index contributed by atoms with van der Waals surface area (Å²) in [5, 5.41) is 47.6. The summed E-state index contributed by atoms with van der Waals surface area (Å²) < 4.78 is 0. The second-order valence-corrected chi connectivity index (χ2v) is 7.42. The molecule has 0 heterocycles. The molecule has 4 nitrogen and oxygen atoms in total. The van der Waals surface area contributed by atoms with E-state index in [0.717, 1.165) is 21.5 Å². The Labute approximate surface area is 198 Å². The van der Waals surface area contributed by atoms with Crippen molar-refractivity contribution in [1.82, 2.24) is 0 Å². The zero-order valence-corrected chi connectivity index (χ0v) is 19.8. The third kappa shape index (κ3) is 7.37. The average molecular weight is 450 g/mol. The SMILES string of the molecule is CC(C)[O-].CC(C)[O-].[O-]c1ccc2ccccc2c1-c1c([O-])ccc2ccccc12.[Ti+4]. The molecule has 5 heteroatoms. The van der Waals surface area contributed by atoms with Gasteiger partial charge >= 0.3 is 21.7 Å². The van der Waals surface area contributed by atoms with Gasteiger partial charge in [0.2, 0.25) is 0 Å². The average Bonchev–Trinajstić information content (AvgIpc) is 2.68. The van der Waals surface area contributed by atoms with Gasteiger partial charge in [0.25, 0.3) is 0 Å². The molecule has 0 aliphatic carbocycles. The molecule has 0 aromatic heterocycles. The van der Waals surface area contributed by atoms with Crippen LogP contribution in [0, 0.1) is 0 Å².